The van der Waals surface area contributed by atoms with Crippen molar-refractivity contribution in [3.63, 3.8) is 0 Å². The molecule has 0 saturated carbocycles. The molecule has 0 aromatic heterocycles. The minimum absolute atomic E-state index is 0.201. The molecule has 0 heterocycles. The summed E-state index contributed by atoms with van der Waals surface area (Å²) in [5, 5.41) is 0. The standard InChI is InChI=1S/C18H19NO6/c1-22-14-7-8-15(17(19)20)16(11-14)25-10-9-24-13-5-3-12(4-6-13)18(21)23-2/h3-8,11H,9-10H2,1-2H3,(H2,19,20). The highest BCUT2D eigenvalue weighted by Gasteiger charge is 2.11. The van der Waals surface area contributed by atoms with Crippen molar-refractivity contribution in [1.29, 1.82) is 0 Å². The van der Waals surface area contributed by atoms with E-state index in [1.807, 2.05) is 0 Å². The summed E-state index contributed by atoms with van der Waals surface area (Å²) in [6.07, 6.45) is 0. The Hall–Kier alpha value is -3.22. The van der Waals surface area contributed by atoms with Crippen LogP contribution in [0.2, 0.25) is 0 Å². The van der Waals surface area contributed by atoms with Gasteiger partial charge in [-0.2, -0.15) is 0 Å². The number of benzene rings is 2. The summed E-state index contributed by atoms with van der Waals surface area (Å²) >= 11 is 0. The van der Waals surface area contributed by atoms with Gasteiger partial charge in [-0.15, -0.1) is 0 Å². The lowest BCUT2D eigenvalue weighted by Crippen LogP contribution is -2.15. The number of nitrogens with two attached hydrogens (primary N) is 1. The van der Waals surface area contributed by atoms with Crippen molar-refractivity contribution in [1.82, 2.24) is 0 Å². The number of hydrogen-bond donors (Lipinski definition) is 1. The molecule has 2 aromatic rings. The normalized spacial score (nSPS) is 10.0. The van der Waals surface area contributed by atoms with E-state index in [1.165, 1.54) is 14.2 Å². The number of ether oxygens (including phenoxy) is 4. The van der Waals surface area contributed by atoms with Crippen molar-refractivity contribution >= 4 is 11.9 Å². The van der Waals surface area contributed by atoms with Crippen LogP contribution in [-0.4, -0.2) is 39.3 Å². The molecule has 0 unspecified atom stereocenters. The SMILES string of the molecule is COC(=O)c1ccc(OCCOc2cc(OC)ccc2C(N)=O)cc1. The number of hydrogen-bond acceptors (Lipinski definition) is 6. The maximum Gasteiger partial charge on any atom is 0.337 e. The third kappa shape index (κ3) is 4.87. The molecule has 0 radical (unpaired) electrons. The lowest BCUT2D eigenvalue weighted by Gasteiger charge is -2.12. The number of primary amides is 1. The van der Waals surface area contributed by atoms with E-state index in [2.05, 4.69) is 4.74 Å². The highest BCUT2D eigenvalue weighted by Crippen LogP contribution is 2.24. The minimum atomic E-state index is -0.586. The van der Waals surface area contributed by atoms with Crippen LogP contribution in [0, 0.1) is 0 Å². The summed E-state index contributed by atoms with van der Waals surface area (Å²) in [5.41, 5.74) is 6.03. The van der Waals surface area contributed by atoms with E-state index >= 15 is 0 Å². The average Bonchev–Trinajstić information content (AvgIpc) is 2.64. The fourth-order valence-corrected chi connectivity index (χ4v) is 2.07. The Morgan fingerprint density at radius 2 is 1.56 bits per heavy atom. The van der Waals surface area contributed by atoms with Gasteiger partial charge >= 0.3 is 5.97 Å². The van der Waals surface area contributed by atoms with Crippen LogP contribution in [0.4, 0.5) is 0 Å². The van der Waals surface area contributed by atoms with Crippen LogP contribution in [0.5, 0.6) is 17.2 Å². The average molecular weight is 345 g/mol. The topological polar surface area (TPSA) is 97.1 Å². The van der Waals surface area contributed by atoms with E-state index in [9.17, 15) is 9.59 Å². The molecule has 7 heteroatoms. The number of methoxy groups -OCH3 is 2. The second-order valence-electron chi connectivity index (χ2n) is 4.94. The molecule has 2 aromatic carbocycles. The maximum atomic E-state index is 11.4. The molecule has 2 N–H and O–H groups in total. The minimum Gasteiger partial charge on any atom is -0.497 e. The molecule has 0 aliphatic heterocycles. The molecule has 0 fully saturated rings. The predicted molar refractivity (Wildman–Crippen MR) is 90.3 cm³/mol. The summed E-state index contributed by atoms with van der Waals surface area (Å²) in [7, 11) is 2.84. The van der Waals surface area contributed by atoms with Crippen molar-refractivity contribution in [2.45, 2.75) is 0 Å². The van der Waals surface area contributed by atoms with E-state index < -0.39 is 11.9 Å². The monoisotopic (exact) mass is 345 g/mol. The molecule has 0 bridgehead atoms. The molecule has 1 amide bonds. The molecular weight excluding hydrogens is 326 g/mol. The van der Waals surface area contributed by atoms with Crippen LogP contribution in [0.15, 0.2) is 42.5 Å². The molecule has 132 valence electrons. The van der Waals surface area contributed by atoms with Crippen molar-refractivity contribution in [3.8, 4) is 17.2 Å². The molecule has 2 rings (SSSR count). The third-order valence-electron chi connectivity index (χ3n) is 3.34. The number of carbonyl (C=O) groups excluding carboxylic acids is 2. The fourth-order valence-electron chi connectivity index (χ4n) is 2.07. The van der Waals surface area contributed by atoms with Gasteiger partial charge in [0.15, 0.2) is 0 Å². The summed E-state index contributed by atoms with van der Waals surface area (Å²) < 4.78 is 20.8. The summed E-state index contributed by atoms with van der Waals surface area (Å²) in [6.45, 7) is 0.444. The van der Waals surface area contributed by atoms with E-state index in [-0.39, 0.29) is 18.8 Å². The Bertz CT molecular complexity index is 742. The summed E-state index contributed by atoms with van der Waals surface area (Å²) in [5.74, 6) is 0.469. The highest BCUT2D eigenvalue weighted by molar-refractivity contribution is 5.95. The van der Waals surface area contributed by atoms with Crippen LogP contribution in [0.3, 0.4) is 0 Å². The van der Waals surface area contributed by atoms with Gasteiger partial charge in [-0.05, 0) is 36.4 Å². The molecule has 0 spiro atoms. The first-order chi connectivity index (χ1) is 12.0. The predicted octanol–water partition coefficient (Wildman–Crippen LogP) is 2.04. The van der Waals surface area contributed by atoms with Gasteiger partial charge in [0.1, 0.15) is 30.5 Å². The highest BCUT2D eigenvalue weighted by atomic mass is 16.5. The molecule has 0 atom stereocenters. The number of rotatable bonds is 8. The van der Waals surface area contributed by atoms with Crippen molar-refractivity contribution in [2.24, 2.45) is 5.73 Å². The first-order valence-electron chi connectivity index (χ1n) is 7.47. The Labute approximate surface area is 145 Å². The number of carbonyl (C=O) groups is 2. The van der Waals surface area contributed by atoms with Gasteiger partial charge in [-0.25, -0.2) is 4.79 Å². The lowest BCUT2D eigenvalue weighted by molar-refractivity contribution is 0.0600. The molecule has 0 aliphatic rings. The zero-order valence-electron chi connectivity index (χ0n) is 14.0. The van der Waals surface area contributed by atoms with Gasteiger partial charge in [0.25, 0.3) is 5.91 Å². The van der Waals surface area contributed by atoms with Crippen molar-refractivity contribution < 1.29 is 28.5 Å². The fraction of sp³-hybridized carbons (Fsp3) is 0.222. The van der Waals surface area contributed by atoms with Crippen molar-refractivity contribution in [2.75, 3.05) is 27.4 Å². The summed E-state index contributed by atoms with van der Waals surface area (Å²) in [4.78, 5) is 22.8. The second-order valence-corrected chi connectivity index (χ2v) is 4.94. The van der Waals surface area contributed by atoms with Gasteiger partial charge in [0.2, 0.25) is 0 Å². The third-order valence-corrected chi connectivity index (χ3v) is 3.34. The Balaban J connectivity index is 1.90. The first-order valence-corrected chi connectivity index (χ1v) is 7.47. The van der Waals surface area contributed by atoms with E-state index in [0.717, 1.165) is 0 Å². The van der Waals surface area contributed by atoms with Gasteiger partial charge in [-0.1, -0.05) is 0 Å². The Kier molecular flexibility index (Phi) is 6.22. The van der Waals surface area contributed by atoms with E-state index in [1.54, 1.807) is 42.5 Å². The van der Waals surface area contributed by atoms with Crippen LogP contribution in [0.25, 0.3) is 0 Å². The van der Waals surface area contributed by atoms with Crippen molar-refractivity contribution in [3.05, 3.63) is 53.6 Å². The quantitative estimate of drug-likeness (QED) is 0.581. The van der Waals surface area contributed by atoms with Gasteiger partial charge < -0.3 is 24.7 Å². The van der Waals surface area contributed by atoms with Gasteiger partial charge in [0, 0.05) is 6.07 Å². The number of esters is 1. The molecular formula is C18H19NO6. The zero-order chi connectivity index (χ0) is 18.2. The number of amides is 1. The lowest BCUT2D eigenvalue weighted by atomic mass is 10.2. The Morgan fingerprint density at radius 1 is 0.920 bits per heavy atom. The maximum absolute atomic E-state index is 11.4. The van der Waals surface area contributed by atoms with Crippen LogP contribution >= 0.6 is 0 Å². The Morgan fingerprint density at radius 3 is 2.16 bits per heavy atom. The van der Waals surface area contributed by atoms with Crippen LogP contribution < -0.4 is 19.9 Å². The molecule has 25 heavy (non-hydrogen) atoms. The smallest absolute Gasteiger partial charge is 0.337 e. The summed E-state index contributed by atoms with van der Waals surface area (Å²) in [6, 6.07) is 11.3. The van der Waals surface area contributed by atoms with Crippen LogP contribution in [0.1, 0.15) is 20.7 Å². The molecule has 7 nitrogen and oxygen atoms in total. The van der Waals surface area contributed by atoms with E-state index in [0.29, 0.717) is 22.8 Å². The van der Waals surface area contributed by atoms with Gasteiger partial charge in [-0.3, -0.25) is 4.79 Å². The van der Waals surface area contributed by atoms with E-state index in [4.69, 9.17) is 19.9 Å². The van der Waals surface area contributed by atoms with Crippen LogP contribution in [-0.2, 0) is 4.74 Å². The largest absolute Gasteiger partial charge is 0.497 e. The first kappa shape index (κ1) is 18.1. The molecule has 0 saturated heterocycles. The zero-order valence-corrected chi connectivity index (χ0v) is 14.0. The van der Waals surface area contributed by atoms with Gasteiger partial charge in [0.05, 0.1) is 25.3 Å². The molecule has 0 aliphatic carbocycles. The second kappa shape index (κ2) is 8.58.